The van der Waals surface area contributed by atoms with Crippen LogP contribution in [0.25, 0.3) is 10.9 Å². The van der Waals surface area contributed by atoms with Crippen LogP contribution in [0.4, 0.5) is 5.69 Å². The van der Waals surface area contributed by atoms with Crippen LogP contribution in [0.1, 0.15) is 18.4 Å². The summed E-state index contributed by atoms with van der Waals surface area (Å²) in [5.74, 6) is 0.153. The third-order valence-corrected chi connectivity index (χ3v) is 7.26. The number of sulfonamides is 1. The van der Waals surface area contributed by atoms with Crippen molar-refractivity contribution < 1.29 is 17.9 Å². The second-order valence-electron chi connectivity index (χ2n) is 7.40. The van der Waals surface area contributed by atoms with Crippen LogP contribution in [0.2, 0.25) is 0 Å². The summed E-state index contributed by atoms with van der Waals surface area (Å²) in [7, 11) is -2.18. The van der Waals surface area contributed by atoms with Gasteiger partial charge in [-0.05, 0) is 42.7 Å². The van der Waals surface area contributed by atoms with E-state index in [4.69, 9.17) is 4.74 Å². The van der Waals surface area contributed by atoms with E-state index in [1.54, 1.807) is 6.07 Å². The minimum atomic E-state index is -3.67. The zero-order chi connectivity index (χ0) is 21.8. The van der Waals surface area contributed by atoms with Gasteiger partial charge in [0.2, 0.25) is 15.9 Å². The number of hydrogen-bond donors (Lipinski definition) is 2. The van der Waals surface area contributed by atoms with Gasteiger partial charge in [0.1, 0.15) is 5.75 Å². The van der Waals surface area contributed by atoms with E-state index in [2.05, 4.69) is 10.3 Å². The summed E-state index contributed by atoms with van der Waals surface area (Å²) in [5.41, 5.74) is 2.16. The van der Waals surface area contributed by atoms with Gasteiger partial charge in [0.25, 0.3) is 0 Å². The Kier molecular flexibility index (Phi) is 6.11. The quantitative estimate of drug-likeness (QED) is 0.573. The lowest BCUT2D eigenvalue weighted by atomic mass is 10.1. The van der Waals surface area contributed by atoms with E-state index < -0.39 is 10.0 Å². The van der Waals surface area contributed by atoms with Gasteiger partial charge in [-0.25, -0.2) is 8.42 Å². The molecule has 0 aliphatic carbocycles. The summed E-state index contributed by atoms with van der Waals surface area (Å²) in [6.45, 7) is 0.875. The smallest absolute Gasteiger partial charge is 0.243 e. The van der Waals surface area contributed by atoms with Gasteiger partial charge in [-0.15, -0.1) is 0 Å². The summed E-state index contributed by atoms with van der Waals surface area (Å²) in [6, 6.07) is 12.3. The molecule has 31 heavy (non-hydrogen) atoms. The van der Waals surface area contributed by atoms with Crippen LogP contribution < -0.4 is 10.1 Å². The average molecular weight is 440 g/mol. The molecule has 2 N–H and O–H groups in total. The van der Waals surface area contributed by atoms with E-state index in [0.717, 1.165) is 16.5 Å². The average Bonchev–Trinajstić information content (AvgIpc) is 2.98. The van der Waals surface area contributed by atoms with E-state index in [9.17, 15) is 13.2 Å². The van der Waals surface area contributed by atoms with E-state index in [-0.39, 0.29) is 17.2 Å². The van der Waals surface area contributed by atoms with E-state index in [1.807, 2.05) is 42.6 Å². The molecule has 0 saturated carbocycles. The zero-order valence-corrected chi connectivity index (χ0v) is 18.1. The van der Waals surface area contributed by atoms with E-state index >= 15 is 0 Å². The van der Waals surface area contributed by atoms with Crippen LogP contribution in [0.15, 0.2) is 65.7 Å². The highest BCUT2D eigenvalue weighted by Gasteiger charge is 2.25. The molecular formula is C23H25N3O4S. The molecule has 0 bridgehead atoms. The van der Waals surface area contributed by atoms with Gasteiger partial charge in [-0.3, -0.25) is 4.79 Å². The Bertz CT molecular complexity index is 1220. The Balaban J connectivity index is 1.56. The van der Waals surface area contributed by atoms with Crippen molar-refractivity contribution in [2.75, 3.05) is 25.5 Å². The van der Waals surface area contributed by atoms with Crippen molar-refractivity contribution in [3.63, 3.8) is 0 Å². The van der Waals surface area contributed by atoms with Crippen LogP contribution >= 0.6 is 0 Å². The molecular weight excluding hydrogens is 414 g/mol. The van der Waals surface area contributed by atoms with Gasteiger partial charge in [0.05, 0.1) is 24.1 Å². The summed E-state index contributed by atoms with van der Waals surface area (Å²) < 4.78 is 33.1. The van der Waals surface area contributed by atoms with Crippen molar-refractivity contribution in [1.29, 1.82) is 0 Å². The number of benzene rings is 2. The summed E-state index contributed by atoms with van der Waals surface area (Å²) in [4.78, 5) is 16.0. The minimum absolute atomic E-state index is 0.137. The maximum absolute atomic E-state index is 13.1. The fourth-order valence-corrected chi connectivity index (χ4v) is 5.26. The number of carbonyl (C=O) groups excluding carboxylic acids is 1. The molecule has 4 rings (SSSR count). The lowest BCUT2D eigenvalue weighted by Gasteiger charge is -2.21. The van der Waals surface area contributed by atoms with Crippen LogP contribution in [-0.2, 0) is 21.2 Å². The number of nitrogens with one attached hydrogen (secondary N) is 2. The van der Waals surface area contributed by atoms with Gasteiger partial charge in [-0.1, -0.05) is 30.4 Å². The maximum Gasteiger partial charge on any atom is 0.243 e. The number of methoxy groups -OCH3 is 1. The largest absolute Gasteiger partial charge is 0.495 e. The molecule has 2 aromatic carbocycles. The van der Waals surface area contributed by atoms with Crippen molar-refractivity contribution in [2.24, 2.45) is 0 Å². The number of ether oxygens (including phenoxy) is 1. The predicted molar refractivity (Wildman–Crippen MR) is 121 cm³/mol. The molecule has 0 radical (unpaired) electrons. The first-order chi connectivity index (χ1) is 15.0. The molecule has 1 amide bonds. The van der Waals surface area contributed by atoms with Crippen molar-refractivity contribution >= 4 is 32.5 Å². The molecule has 7 nitrogen and oxygen atoms in total. The lowest BCUT2D eigenvalue weighted by Crippen LogP contribution is -2.32. The number of fused-ring (bicyclic) bond motifs is 1. The number of anilines is 1. The molecule has 162 valence electrons. The topological polar surface area (TPSA) is 91.5 Å². The Labute approximate surface area is 181 Å². The molecule has 8 heteroatoms. The lowest BCUT2D eigenvalue weighted by molar-refractivity contribution is -0.115. The van der Waals surface area contributed by atoms with E-state index in [0.29, 0.717) is 37.4 Å². The Morgan fingerprint density at radius 3 is 2.61 bits per heavy atom. The molecule has 1 aliphatic rings. The van der Waals surface area contributed by atoms with Crippen LogP contribution in [0.3, 0.4) is 0 Å². The van der Waals surface area contributed by atoms with Crippen LogP contribution in [0.5, 0.6) is 5.75 Å². The molecule has 0 atom stereocenters. The first-order valence-corrected chi connectivity index (χ1v) is 11.6. The fourth-order valence-electron chi connectivity index (χ4n) is 3.76. The van der Waals surface area contributed by atoms with Crippen molar-refractivity contribution in [3.05, 3.63) is 66.4 Å². The van der Waals surface area contributed by atoms with E-state index in [1.165, 1.54) is 23.5 Å². The van der Waals surface area contributed by atoms with Gasteiger partial charge in [0.15, 0.2) is 0 Å². The van der Waals surface area contributed by atoms with Crippen LogP contribution in [0, 0.1) is 0 Å². The van der Waals surface area contributed by atoms with Gasteiger partial charge < -0.3 is 15.0 Å². The number of aromatic amines is 1. The molecule has 0 fully saturated rings. The molecule has 0 spiro atoms. The number of para-hydroxylation sites is 1. The normalized spacial score (nSPS) is 15.0. The monoisotopic (exact) mass is 439 g/mol. The van der Waals surface area contributed by atoms with Crippen LogP contribution in [-0.4, -0.2) is 43.8 Å². The Morgan fingerprint density at radius 2 is 1.87 bits per heavy atom. The van der Waals surface area contributed by atoms with Gasteiger partial charge in [-0.2, -0.15) is 4.31 Å². The summed E-state index contributed by atoms with van der Waals surface area (Å²) in [5, 5.41) is 3.80. The highest BCUT2D eigenvalue weighted by molar-refractivity contribution is 7.89. The highest BCUT2D eigenvalue weighted by atomic mass is 32.2. The van der Waals surface area contributed by atoms with Gasteiger partial charge in [0, 0.05) is 30.2 Å². The zero-order valence-electron chi connectivity index (χ0n) is 17.3. The molecule has 0 saturated heterocycles. The number of rotatable bonds is 6. The van der Waals surface area contributed by atoms with Gasteiger partial charge >= 0.3 is 0 Å². The Morgan fingerprint density at radius 1 is 1.13 bits per heavy atom. The number of hydrogen-bond acceptors (Lipinski definition) is 4. The first kappa shape index (κ1) is 21.1. The standard InChI is InChI=1S/C23H25N3O4S/c1-30-22-11-10-18(31(28,29)26-12-6-2-3-7-13-26)15-21(22)25-23(27)14-17-16-24-20-9-5-4-8-19(17)20/h2-5,8-11,15-16,24H,6-7,12-14H2,1H3,(H,25,27). The second-order valence-corrected chi connectivity index (χ2v) is 9.34. The minimum Gasteiger partial charge on any atom is -0.495 e. The molecule has 1 aromatic heterocycles. The number of carbonyl (C=O) groups is 1. The number of amides is 1. The highest BCUT2D eigenvalue weighted by Crippen LogP contribution is 2.30. The molecule has 1 aliphatic heterocycles. The molecule has 0 unspecified atom stereocenters. The molecule has 3 aromatic rings. The number of H-pyrrole nitrogens is 1. The molecule has 2 heterocycles. The third-order valence-electron chi connectivity index (χ3n) is 5.37. The fraction of sp³-hybridized carbons (Fsp3) is 0.261. The summed E-state index contributed by atoms with van der Waals surface area (Å²) >= 11 is 0. The SMILES string of the molecule is COc1ccc(S(=O)(=O)N2CCC=CCC2)cc1NC(=O)Cc1c[nH]c2ccccc12. The predicted octanol–water partition coefficient (Wildman–Crippen LogP) is 3.70. The third kappa shape index (κ3) is 4.50. The van der Waals surface area contributed by atoms with Crippen molar-refractivity contribution in [1.82, 2.24) is 9.29 Å². The Hall–Kier alpha value is -3.10. The number of aromatic nitrogens is 1. The maximum atomic E-state index is 13.1. The summed E-state index contributed by atoms with van der Waals surface area (Å²) in [6.07, 6.45) is 7.34. The van der Waals surface area contributed by atoms with Crippen molar-refractivity contribution in [2.45, 2.75) is 24.2 Å². The number of nitrogens with zero attached hydrogens (tertiary/aromatic N) is 1. The second kappa shape index (κ2) is 8.95. The van der Waals surface area contributed by atoms with Crippen molar-refractivity contribution in [3.8, 4) is 5.75 Å². The first-order valence-electron chi connectivity index (χ1n) is 10.2.